The largest absolute Gasteiger partial charge is 0.484 e. The van der Waals surface area contributed by atoms with Crippen LogP contribution in [0.1, 0.15) is 12.6 Å². The molecule has 2 heterocycles. The highest BCUT2D eigenvalue weighted by Crippen LogP contribution is 2.37. The summed E-state index contributed by atoms with van der Waals surface area (Å²) in [6.07, 6.45) is -1.96. The summed E-state index contributed by atoms with van der Waals surface area (Å²) in [5.74, 6) is 0.602. The number of benzene rings is 2. The Morgan fingerprint density at radius 3 is 2.76 bits per heavy atom. The Labute approximate surface area is 201 Å². The van der Waals surface area contributed by atoms with E-state index in [1.165, 1.54) is 6.20 Å². The smallest absolute Gasteiger partial charge is 0.434 e. The molecule has 34 heavy (non-hydrogen) atoms. The molecule has 0 bridgehead atoms. The third-order valence-electron chi connectivity index (χ3n) is 4.84. The number of para-hydroxylation sites is 1. The summed E-state index contributed by atoms with van der Waals surface area (Å²) in [6.45, 7) is 1.75. The van der Waals surface area contributed by atoms with Crippen molar-refractivity contribution < 1.29 is 17.9 Å². The number of halogens is 4. The molecule has 0 unspecified atom stereocenters. The SMILES string of the molecule is C[C@@H](Oc1ccnc2ccccc12)/C(=C/Nc1ccc(Cl)c(-c2nc(C(F)(F)F)cs2)c1)N=N. The van der Waals surface area contributed by atoms with Crippen molar-refractivity contribution in [3.05, 3.63) is 82.7 Å². The van der Waals surface area contributed by atoms with Gasteiger partial charge in [-0.15, -0.1) is 11.3 Å². The highest BCUT2D eigenvalue weighted by molar-refractivity contribution is 7.13. The van der Waals surface area contributed by atoms with E-state index in [9.17, 15) is 13.2 Å². The van der Waals surface area contributed by atoms with Crippen LogP contribution in [0.4, 0.5) is 18.9 Å². The molecule has 0 saturated carbocycles. The van der Waals surface area contributed by atoms with Crippen LogP contribution in [0, 0.1) is 5.53 Å². The van der Waals surface area contributed by atoms with Crippen molar-refractivity contribution in [2.45, 2.75) is 19.2 Å². The molecular weight excluding hydrogens is 487 g/mol. The molecule has 4 rings (SSSR count). The maximum absolute atomic E-state index is 12.9. The summed E-state index contributed by atoms with van der Waals surface area (Å²) in [5, 5.41) is 8.75. The summed E-state index contributed by atoms with van der Waals surface area (Å²) in [5.41, 5.74) is 8.55. The first kappa shape index (κ1) is 23.7. The van der Waals surface area contributed by atoms with Crippen molar-refractivity contribution in [3.8, 4) is 16.3 Å². The highest BCUT2D eigenvalue weighted by Gasteiger charge is 2.34. The minimum Gasteiger partial charge on any atom is -0.484 e. The summed E-state index contributed by atoms with van der Waals surface area (Å²) in [6, 6.07) is 14.1. The molecule has 2 N–H and O–H groups in total. The molecule has 174 valence electrons. The predicted octanol–water partition coefficient (Wildman–Crippen LogP) is 7.78. The Morgan fingerprint density at radius 1 is 1.24 bits per heavy atom. The Morgan fingerprint density at radius 2 is 2.03 bits per heavy atom. The Balaban J connectivity index is 1.54. The molecule has 0 radical (unpaired) electrons. The second-order valence-corrected chi connectivity index (χ2v) is 8.41. The molecule has 2 aromatic carbocycles. The van der Waals surface area contributed by atoms with E-state index in [0.717, 1.165) is 27.6 Å². The van der Waals surface area contributed by atoms with Crippen LogP contribution in [-0.2, 0) is 6.18 Å². The number of rotatable bonds is 7. The van der Waals surface area contributed by atoms with Crippen LogP contribution in [-0.4, -0.2) is 16.1 Å². The number of thiazole rings is 1. The third kappa shape index (κ3) is 5.18. The number of hydrogen-bond donors (Lipinski definition) is 2. The molecule has 2 aromatic heterocycles. The monoisotopic (exact) mass is 503 g/mol. The van der Waals surface area contributed by atoms with Gasteiger partial charge in [0.1, 0.15) is 22.6 Å². The average molecular weight is 504 g/mol. The Bertz CT molecular complexity index is 1370. The number of pyridine rings is 1. The molecular formula is C23H17ClF3N5OS. The van der Waals surface area contributed by atoms with Crippen LogP contribution in [0.15, 0.2) is 77.1 Å². The van der Waals surface area contributed by atoms with Crippen molar-refractivity contribution in [2.24, 2.45) is 5.11 Å². The lowest BCUT2D eigenvalue weighted by atomic mass is 10.2. The number of ether oxygens (including phenoxy) is 1. The maximum atomic E-state index is 12.9. The molecule has 4 aromatic rings. The molecule has 0 aliphatic heterocycles. The quantitative estimate of drug-likeness (QED) is 0.252. The Hall–Kier alpha value is -3.50. The zero-order valence-corrected chi connectivity index (χ0v) is 19.2. The van der Waals surface area contributed by atoms with E-state index in [-0.39, 0.29) is 10.0 Å². The lowest BCUT2D eigenvalue weighted by molar-refractivity contribution is -0.140. The summed E-state index contributed by atoms with van der Waals surface area (Å²) < 4.78 is 44.8. The van der Waals surface area contributed by atoms with E-state index in [1.54, 1.807) is 37.4 Å². The normalized spacial score (nSPS) is 13.0. The first-order chi connectivity index (χ1) is 16.3. The van der Waals surface area contributed by atoms with E-state index in [0.29, 0.717) is 22.7 Å². The first-order valence-electron chi connectivity index (χ1n) is 9.93. The van der Waals surface area contributed by atoms with E-state index in [2.05, 4.69) is 20.4 Å². The van der Waals surface area contributed by atoms with Crippen molar-refractivity contribution in [2.75, 3.05) is 5.32 Å². The topological polar surface area (TPSA) is 83.2 Å². The number of alkyl halides is 3. The van der Waals surface area contributed by atoms with Gasteiger partial charge in [0.2, 0.25) is 0 Å². The zero-order chi connectivity index (χ0) is 24.3. The predicted molar refractivity (Wildman–Crippen MR) is 126 cm³/mol. The van der Waals surface area contributed by atoms with Crippen LogP contribution < -0.4 is 10.1 Å². The van der Waals surface area contributed by atoms with Gasteiger partial charge in [0.25, 0.3) is 0 Å². The lowest BCUT2D eigenvalue weighted by Gasteiger charge is -2.16. The summed E-state index contributed by atoms with van der Waals surface area (Å²) in [4.78, 5) is 7.96. The van der Waals surface area contributed by atoms with Crippen molar-refractivity contribution in [1.82, 2.24) is 9.97 Å². The van der Waals surface area contributed by atoms with Crippen LogP contribution in [0.5, 0.6) is 5.75 Å². The fraction of sp³-hybridized carbons (Fsp3) is 0.130. The van der Waals surface area contributed by atoms with E-state index in [1.807, 2.05) is 24.3 Å². The van der Waals surface area contributed by atoms with Crippen LogP contribution in [0.2, 0.25) is 5.02 Å². The Kier molecular flexibility index (Phi) is 6.80. The summed E-state index contributed by atoms with van der Waals surface area (Å²) >= 11 is 7.06. The van der Waals surface area contributed by atoms with Crippen LogP contribution >= 0.6 is 22.9 Å². The highest BCUT2D eigenvalue weighted by atomic mass is 35.5. The fourth-order valence-electron chi connectivity index (χ4n) is 3.13. The minimum atomic E-state index is -4.53. The van der Waals surface area contributed by atoms with Gasteiger partial charge in [-0.25, -0.2) is 10.5 Å². The standard InChI is InChI=1S/C23H17ClF3N5OS/c1-13(33-20-8-9-29-18-5-3-2-4-15(18)20)19(32-28)11-30-14-6-7-17(24)16(10-14)22-31-21(12-34-22)23(25,26)27/h2-13,28,30H,1H3/b19-11-,32-28?/t13-/m1/s1. The van der Waals surface area contributed by atoms with Crippen molar-refractivity contribution in [3.63, 3.8) is 0 Å². The number of nitrogens with one attached hydrogen (secondary N) is 2. The van der Waals surface area contributed by atoms with Crippen LogP contribution in [0.3, 0.4) is 0 Å². The molecule has 0 amide bonds. The second kappa shape index (κ2) is 9.78. The number of nitrogens with zero attached hydrogens (tertiary/aromatic N) is 3. The van der Waals surface area contributed by atoms with Gasteiger partial charge in [0.05, 0.1) is 10.5 Å². The molecule has 11 heteroatoms. The molecule has 0 saturated heterocycles. The van der Waals surface area contributed by atoms with Gasteiger partial charge in [-0.1, -0.05) is 23.7 Å². The third-order valence-corrected chi connectivity index (χ3v) is 6.04. The number of anilines is 1. The molecule has 1 atom stereocenters. The van der Waals surface area contributed by atoms with E-state index >= 15 is 0 Å². The van der Waals surface area contributed by atoms with Crippen molar-refractivity contribution in [1.29, 1.82) is 5.53 Å². The van der Waals surface area contributed by atoms with Crippen LogP contribution in [0.25, 0.3) is 21.5 Å². The van der Waals surface area contributed by atoms with Gasteiger partial charge in [-0.3, -0.25) is 4.98 Å². The number of aromatic nitrogens is 2. The molecule has 0 fully saturated rings. The maximum Gasteiger partial charge on any atom is 0.434 e. The summed E-state index contributed by atoms with van der Waals surface area (Å²) in [7, 11) is 0. The first-order valence-corrected chi connectivity index (χ1v) is 11.2. The molecule has 0 spiro atoms. The molecule has 0 aliphatic rings. The van der Waals surface area contributed by atoms with Crippen molar-refractivity contribution >= 4 is 39.5 Å². The van der Waals surface area contributed by atoms with Gasteiger partial charge < -0.3 is 10.1 Å². The van der Waals surface area contributed by atoms with Gasteiger partial charge >= 0.3 is 6.18 Å². The molecule has 6 nitrogen and oxygen atoms in total. The average Bonchev–Trinajstić information content (AvgIpc) is 3.31. The van der Waals surface area contributed by atoms with Gasteiger partial charge in [-0.05, 0) is 43.3 Å². The minimum absolute atomic E-state index is 0.150. The van der Waals surface area contributed by atoms with Gasteiger partial charge in [0.15, 0.2) is 5.69 Å². The second-order valence-electron chi connectivity index (χ2n) is 7.14. The fourth-order valence-corrected chi connectivity index (χ4v) is 4.25. The van der Waals surface area contributed by atoms with Gasteiger partial charge in [-0.2, -0.15) is 18.3 Å². The number of fused-ring (bicyclic) bond motifs is 1. The zero-order valence-electron chi connectivity index (χ0n) is 17.6. The molecule has 0 aliphatic carbocycles. The lowest BCUT2D eigenvalue weighted by Crippen LogP contribution is -2.15. The number of hydrogen-bond acceptors (Lipinski definition) is 7. The van der Waals surface area contributed by atoms with Gasteiger partial charge in [0, 0.05) is 34.4 Å². The van der Waals surface area contributed by atoms with E-state index < -0.39 is 18.0 Å². The van der Waals surface area contributed by atoms with E-state index in [4.69, 9.17) is 21.9 Å².